The third kappa shape index (κ3) is 1.93. The molecular formula is C14H12FN3O. The summed E-state index contributed by atoms with van der Waals surface area (Å²) >= 11 is 0. The van der Waals surface area contributed by atoms with Gasteiger partial charge in [-0.2, -0.15) is 0 Å². The van der Waals surface area contributed by atoms with Crippen LogP contribution in [0.5, 0.6) is 0 Å². The van der Waals surface area contributed by atoms with E-state index in [2.05, 4.69) is 4.98 Å². The van der Waals surface area contributed by atoms with Crippen molar-refractivity contribution in [3.05, 3.63) is 64.3 Å². The number of halogens is 1. The van der Waals surface area contributed by atoms with Crippen LogP contribution in [-0.2, 0) is 13.6 Å². The van der Waals surface area contributed by atoms with E-state index in [1.165, 1.54) is 12.1 Å². The van der Waals surface area contributed by atoms with Crippen LogP contribution in [0, 0.1) is 5.82 Å². The van der Waals surface area contributed by atoms with Gasteiger partial charge in [0.15, 0.2) is 5.65 Å². The van der Waals surface area contributed by atoms with Crippen molar-refractivity contribution >= 4 is 11.0 Å². The molecule has 0 N–H and O–H groups in total. The van der Waals surface area contributed by atoms with Gasteiger partial charge in [0.1, 0.15) is 5.82 Å². The van der Waals surface area contributed by atoms with Crippen molar-refractivity contribution in [1.82, 2.24) is 14.3 Å². The fourth-order valence-corrected chi connectivity index (χ4v) is 2.15. The van der Waals surface area contributed by atoms with Gasteiger partial charge in [0, 0.05) is 13.2 Å². The van der Waals surface area contributed by atoms with Gasteiger partial charge >= 0.3 is 0 Å². The van der Waals surface area contributed by atoms with Gasteiger partial charge in [0.25, 0.3) is 5.56 Å². The van der Waals surface area contributed by atoms with E-state index < -0.39 is 0 Å². The largest absolute Gasteiger partial charge is 0.276 e. The maximum Gasteiger partial charge on any atom is 0.276 e. The molecule has 0 saturated carbocycles. The summed E-state index contributed by atoms with van der Waals surface area (Å²) in [7, 11) is 1.79. The quantitative estimate of drug-likeness (QED) is 0.703. The molecule has 0 aliphatic carbocycles. The van der Waals surface area contributed by atoms with E-state index in [0.717, 1.165) is 5.56 Å². The first-order chi connectivity index (χ1) is 9.16. The van der Waals surface area contributed by atoms with E-state index in [1.807, 2.05) is 0 Å². The number of hydrogen-bond donors (Lipinski definition) is 0. The van der Waals surface area contributed by atoms with E-state index in [9.17, 15) is 9.18 Å². The van der Waals surface area contributed by atoms with E-state index in [0.29, 0.717) is 17.6 Å². The lowest BCUT2D eigenvalue weighted by Gasteiger charge is -2.07. The second-order valence-corrected chi connectivity index (χ2v) is 4.39. The van der Waals surface area contributed by atoms with Crippen molar-refractivity contribution < 1.29 is 4.39 Å². The van der Waals surface area contributed by atoms with Crippen LogP contribution in [0.3, 0.4) is 0 Å². The molecule has 0 unspecified atom stereocenters. The Labute approximate surface area is 108 Å². The summed E-state index contributed by atoms with van der Waals surface area (Å²) in [5, 5.41) is 0.590. The van der Waals surface area contributed by atoms with Gasteiger partial charge in [0.2, 0.25) is 0 Å². The fraction of sp³-hybridized carbons (Fsp3) is 0.143. The van der Waals surface area contributed by atoms with Crippen molar-refractivity contribution in [2.75, 3.05) is 0 Å². The first kappa shape index (κ1) is 11.6. The van der Waals surface area contributed by atoms with Gasteiger partial charge in [-0.1, -0.05) is 12.1 Å². The SMILES string of the molecule is Cn1c2ncccc2c(=O)n1Cc1ccc(F)cc1. The number of aryl methyl sites for hydroxylation is 1. The first-order valence-electron chi connectivity index (χ1n) is 5.92. The molecule has 0 bridgehead atoms. The van der Waals surface area contributed by atoms with Crippen molar-refractivity contribution in [3.8, 4) is 0 Å². The Kier molecular flexibility index (Phi) is 2.67. The number of aromatic nitrogens is 3. The normalized spacial score (nSPS) is 11.1. The minimum absolute atomic E-state index is 0.0880. The lowest BCUT2D eigenvalue weighted by Crippen LogP contribution is -2.22. The summed E-state index contributed by atoms with van der Waals surface area (Å²) in [5.74, 6) is -0.283. The minimum Gasteiger partial charge on any atom is -0.268 e. The molecule has 0 spiro atoms. The molecule has 96 valence electrons. The maximum absolute atomic E-state index is 12.9. The molecule has 4 nitrogen and oxygen atoms in total. The molecular weight excluding hydrogens is 245 g/mol. The Morgan fingerprint density at radius 2 is 1.95 bits per heavy atom. The number of rotatable bonds is 2. The zero-order valence-corrected chi connectivity index (χ0v) is 10.4. The number of fused-ring (bicyclic) bond motifs is 1. The number of nitrogens with zero attached hydrogens (tertiary/aromatic N) is 3. The summed E-state index contributed by atoms with van der Waals surface area (Å²) < 4.78 is 16.2. The number of pyridine rings is 1. The Bertz CT molecular complexity index is 787. The van der Waals surface area contributed by atoms with Crippen molar-refractivity contribution in [3.63, 3.8) is 0 Å². The van der Waals surface area contributed by atoms with Crippen molar-refractivity contribution in [2.24, 2.45) is 7.05 Å². The molecule has 3 aromatic rings. The molecule has 3 rings (SSSR count). The van der Waals surface area contributed by atoms with Crippen molar-refractivity contribution in [2.45, 2.75) is 6.54 Å². The lowest BCUT2D eigenvalue weighted by molar-refractivity contribution is 0.545. The highest BCUT2D eigenvalue weighted by molar-refractivity contribution is 5.74. The van der Waals surface area contributed by atoms with Crippen LogP contribution in [0.15, 0.2) is 47.4 Å². The number of benzene rings is 1. The molecule has 0 saturated heterocycles. The molecule has 19 heavy (non-hydrogen) atoms. The Morgan fingerprint density at radius 3 is 2.63 bits per heavy atom. The monoisotopic (exact) mass is 257 g/mol. The Morgan fingerprint density at radius 1 is 1.21 bits per heavy atom. The Balaban J connectivity index is 2.10. The predicted molar refractivity (Wildman–Crippen MR) is 70.5 cm³/mol. The average Bonchev–Trinajstić information content (AvgIpc) is 2.67. The molecule has 2 aromatic heterocycles. The van der Waals surface area contributed by atoms with Crippen LogP contribution < -0.4 is 5.56 Å². The summed E-state index contributed by atoms with van der Waals surface area (Å²) in [6.45, 7) is 0.395. The second-order valence-electron chi connectivity index (χ2n) is 4.39. The molecule has 0 aliphatic heterocycles. The highest BCUT2D eigenvalue weighted by atomic mass is 19.1. The number of hydrogen-bond acceptors (Lipinski definition) is 2. The molecule has 1 aromatic carbocycles. The third-order valence-electron chi connectivity index (χ3n) is 3.17. The first-order valence-corrected chi connectivity index (χ1v) is 5.92. The van der Waals surface area contributed by atoms with Crippen LogP contribution in [0.25, 0.3) is 11.0 Å². The molecule has 2 heterocycles. The molecule has 0 amide bonds. The summed E-state index contributed by atoms with van der Waals surface area (Å²) in [4.78, 5) is 16.4. The lowest BCUT2D eigenvalue weighted by atomic mass is 10.2. The van der Waals surface area contributed by atoms with E-state index in [-0.39, 0.29) is 11.4 Å². The van der Waals surface area contributed by atoms with Crippen LogP contribution in [0.4, 0.5) is 4.39 Å². The zero-order chi connectivity index (χ0) is 13.4. The highest BCUT2D eigenvalue weighted by Crippen LogP contribution is 2.09. The fourth-order valence-electron chi connectivity index (χ4n) is 2.15. The van der Waals surface area contributed by atoms with E-state index in [1.54, 1.807) is 46.9 Å². The van der Waals surface area contributed by atoms with Crippen LogP contribution in [0.2, 0.25) is 0 Å². The van der Waals surface area contributed by atoms with Gasteiger partial charge in [-0.25, -0.2) is 14.1 Å². The smallest absolute Gasteiger partial charge is 0.268 e. The standard InChI is InChI=1S/C14H12FN3O/c1-17-13-12(3-2-8-16-13)14(19)18(17)9-10-4-6-11(15)7-5-10/h2-8H,9H2,1H3. The predicted octanol–water partition coefficient (Wildman–Crippen LogP) is 1.92. The van der Waals surface area contributed by atoms with Gasteiger partial charge in [-0.15, -0.1) is 0 Å². The minimum atomic E-state index is -0.283. The maximum atomic E-state index is 12.9. The van der Waals surface area contributed by atoms with E-state index in [4.69, 9.17) is 0 Å². The molecule has 0 fully saturated rings. The van der Waals surface area contributed by atoms with Crippen LogP contribution >= 0.6 is 0 Å². The summed E-state index contributed by atoms with van der Waals surface area (Å²) in [5.41, 5.74) is 1.43. The highest BCUT2D eigenvalue weighted by Gasteiger charge is 2.11. The summed E-state index contributed by atoms with van der Waals surface area (Å²) in [6, 6.07) is 9.63. The molecule has 0 aliphatic rings. The second kappa shape index (κ2) is 4.35. The van der Waals surface area contributed by atoms with Gasteiger partial charge in [-0.3, -0.25) is 9.48 Å². The van der Waals surface area contributed by atoms with Crippen molar-refractivity contribution in [1.29, 1.82) is 0 Å². The molecule has 0 radical (unpaired) electrons. The Hall–Kier alpha value is -2.43. The average molecular weight is 257 g/mol. The topological polar surface area (TPSA) is 39.8 Å². The van der Waals surface area contributed by atoms with Gasteiger partial charge < -0.3 is 0 Å². The zero-order valence-electron chi connectivity index (χ0n) is 10.4. The van der Waals surface area contributed by atoms with Gasteiger partial charge in [-0.05, 0) is 29.8 Å². The van der Waals surface area contributed by atoms with Crippen LogP contribution in [0.1, 0.15) is 5.56 Å². The van der Waals surface area contributed by atoms with Crippen LogP contribution in [-0.4, -0.2) is 14.3 Å². The summed E-state index contributed by atoms with van der Waals surface area (Å²) in [6.07, 6.45) is 1.66. The molecule has 0 atom stereocenters. The van der Waals surface area contributed by atoms with E-state index >= 15 is 0 Å². The molecule has 5 heteroatoms. The third-order valence-corrected chi connectivity index (χ3v) is 3.17. The van der Waals surface area contributed by atoms with Gasteiger partial charge in [0.05, 0.1) is 11.9 Å².